The number of carbonyl (C=O) groups excluding carboxylic acids is 1. The summed E-state index contributed by atoms with van der Waals surface area (Å²) in [7, 11) is 0. The van der Waals surface area contributed by atoms with Crippen molar-refractivity contribution in [3.63, 3.8) is 0 Å². The molecule has 0 bridgehead atoms. The fourth-order valence-corrected chi connectivity index (χ4v) is 2.22. The number of amides is 1. The van der Waals surface area contributed by atoms with E-state index in [1.54, 1.807) is 0 Å². The van der Waals surface area contributed by atoms with Crippen LogP contribution in [0.15, 0.2) is 24.3 Å². The molecule has 2 rings (SSSR count). The van der Waals surface area contributed by atoms with E-state index in [2.05, 4.69) is 10.6 Å². The highest BCUT2D eigenvalue weighted by atomic mass is 16.5. The Kier molecular flexibility index (Phi) is 5.21. The Bertz CT molecular complexity index is 414. The van der Waals surface area contributed by atoms with Gasteiger partial charge < -0.3 is 15.4 Å². The maximum Gasteiger partial charge on any atom is 0.237 e. The van der Waals surface area contributed by atoms with Crippen molar-refractivity contribution in [2.24, 2.45) is 0 Å². The molecule has 1 atom stereocenters. The van der Waals surface area contributed by atoms with Crippen LogP contribution in [-0.2, 0) is 4.79 Å². The SMILES string of the molecule is Cc1ccccc1OCCCNC(=O)C1CCCN1. The maximum atomic E-state index is 11.7. The molecular weight excluding hydrogens is 240 g/mol. The first-order valence-corrected chi connectivity index (χ1v) is 6.97. The monoisotopic (exact) mass is 262 g/mol. The van der Waals surface area contributed by atoms with Gasteiger partial charge in [-0.3, -0.25) is 4.79 Å². The molecule has 104 valence electrons. The fraction of sp³-hybridized carbons (Fsp3) is 0.533. The van der Waals surface area contributed by atoms with Crippen molar-refractivity contribution in [1.29, 1.82) is 0 Å². The van der Waals surface area contributed by atoms with E-state index in [0.29, 0.717) is 13.2 Å². The average Bonchev–Trinajstić information content (AvgIpc) is 2.94. The Labute approximate surface area is 114 Å². The van der Waals surface area contributed by atoms with Gasteiger partial charge in [0.05, 0.1) is 12.6 Å². The molecule has 19 heavy (non-hydrogen) atoms. The molecule has 1 aliphatic rings. The molecule has 0 aliphatic carbocycles. The van der Waals surface area contributed by atoms with Crippen LogP contribution in [0, 0.1) is 6.92 Å². The zero-order valence-electron chi connectivity index (χ0n) is 11.4. The van der Waals surface area contributed by atoms with E-state index in [0.717, 1.165) is 37.1 Å². The van der Waals surface area contributed by atoms with Gasteiger partial charge in [0.25, 0.3) is 0 Å². The number of benzene rings is 1. The van der Waals surface area contributed by atoms with E-state index in [9.17, 15) is 4.79 Å². The average molecular weight is 262 g/mol. The van der Waals surface area contributed by atoms with Gasteiger partial charge in [0.15, 0.2) is 0 Å². The van der Waals surface area contributed by atoms with Crippen molar-refractivity contribution >= 4 is 5.91 Å². The van der Waals surface area contributed by atoms with Gasteiger partial charge in [0, 0.05) is 6.54 Å². The van der Waals surface area contributed by atoms with Crippen molar-refractivity contribution < 1.29 is 9.53 Å². The van der Waals surface area contributed by atoms with Crippen LogP contribution in [0.5, 0.6) is 5.75 Å². The molecule has 4 heteroatoms. The predicted octanol–water partition coefficient (Wildman–Crippen LogP) is 1.63. The standard InChI is InChI=1S/C15H22N2O2/c1-12-6-2-3-8-14(12)19-11-5-10-17-15(18)13-7-4-9-16-13/h2-3,6,8,13,16H,4-5,7,9-11H2,1H3,(H,17,18). The summed E-state index contributed by atoms with van der Waals surface area (Å²) in [5.41, 5.74) is 1.14. The molecule has 0 aromatic heterocycles. The van der Waals surface area contributed by atoms with E-state index in [1.807, 2.05) is 31.2 Å². The Morgan fingerprint density at radius 1 is 1.47 bits per heavy atom. The van der Waals surface area contributed by atoms with Crippen molar-refractivity contribution in [2.75, 3.05) is 19.7 Å². The van der Waals surface area contributed by atoms with Gasteiger partial charge in [-0.2, -0.15) is 0 Å². The van der Waals surface area contributed by atoms with E-state index >= 15 is 0 Å². The van der Waals surface area contributed by atoms with Crippen molar-refractivity contribution in [2.45, 2.75) is 32.2 Å². The number of ether oxygens (including phenoxy) is 1. The normalized spacial score (nSPS) is 18.3. The van der Waals surface area contributed by atoms with Crippen LogP contribution in [-0.4, -0.2) is 31.6 Å². The van der Waals surface area contributed by atoms with Crippen molar-refractivity contribution in [1.82, 2.24) is 10.6 Å². The number of aryl methyl sites for hydroxylation is 1. The molecule has 0 radical (unpaired) electrons. The van der Waals surface area contributed by atoms with Crippen molar-refractivity contribution in [3.8, 4) is 5.75 Å². The smallest absolute Gasteiger partial charge is 0.237 e. The van der Waals surface area contributed by atoms with Crippen LogP contribution >= 0.6 is 0 Å². The molecule has 1 fully saturated rings. The van der Waals surface area contributed by atoms with Gasteiger partial charge in [0.1, 0.15) is 5.75 Å². The summed E-state index contributed by atoms with van der Waals surface area (Å²) in [6.07, 6.45) is 2.87. The van der Waals surface area contributed by atoms with Crippen LogP contribution in [0.4, 0.5) is 0 Å². The Morgan fingerprint density at radius 2 is 2.32 bits per heavy atom. The predicted molar refractivity (Wildman–Crippen MR) is 75.3 cm³/mol. The highest BCUT2D eigenvalue weighted by molar-refractivity contribution is 5.81. The summed E-state index contributed by atoms with van der Waals surface area (Å²) in [6.45, 7) is 4.28. The van der Waals surface area contributed by atoms with Gasteiger partial charge in [-0.25, -0.2) is 0 Å². The Balaban J connectivity index is 1.59. The van der Waals surface area contributed by atoms with Crippen LogP contribution in [0.3, 0.4) is 0 Å². The molecular formula is C15H22N2O2. The third kappa shape index (κ3) is 4.24. The van der Waals surface area contributed by atoms with Crippen LogP contribution in [0.25, 0.3) is 0 Å². The van der Waals surface area contributed by atoms with Crippen LogP contribution in [0.1, 0.15) is 24.8 Å². The molecule has 1 aromatic carbocycles. The van der Waals surface area contributed by atoms with E-state index in [1.165, 1.54) is 0 Å². The molecule has 4 nitrogen and oxygen atoms in total. The van der Waals surface area contributed by atoms with Crippen LogP contribution < -0.4 is 15.4 Å². The third-order valence-corrected chi connectivity index (χ3v) is 3.35. The molecule has 1 aromatic rings. The van der Waals surface area contributed by atoms with Crippen LogP contribution in [0.2, 0.25) is 0 Å². The molecule has 2 N–H and O–H groups in total. The maximum absolute atomic E-state index is 11.7. The summed E-state index contributed by atoms with van der Waals surface area (Å²) in [5.74, 6) is 1.04. The zero-order chi connectivity index (χ0) is 13.5. The summed E-state index contributed by atoms with van der Waals surface area (Å²) >= 11 is 0. The molecule has 0 saturated carbocycles. The summed E-state index contributed by atoms with van der Waals surface area (Å²) in [6, 6.07) is 7.98. The highest BCUT2D eigenvalue weighted by Crippen LogP contribution is 2.15. The Hall–Kier alpha value is -1.55. The van der Waals surface area contributed by atoms with Gasteiger partial charge in [-0.1, -0.05) is 18.2 Å². The van der Waals surface area contributed by atoms with E-state index in [-0.39, 0.29) is 11.9 Å². The van der Waals surface area contributed by atoms with Gasteiger partial charge in [-0.05, 0) is 44.4 Å². The first-order valence-electron chi connectivity index (χ1n) is 6.97. The van der Waals surface area contributed by atoms with Gasteiger partial charge >= 0.3 is 0 Å². The number of para-hydroxylation sites is 1. The minimum absolute atomic E-state index is 0.0114. The molecule has 1 saturated heterocycles. The minimum Gasteiger partial charge on any atom is -0.493 e. The lowest BCUT2D eigenvalue weighted by Crippen LogP contribution is -2.40. The third-order valence-electron chi connectivity index (χ3n) is 3.35. The fourth-order valence-electron chi connectivity index (χ4n) is 2.22. The topological polar surface area (TPSA) is 50.4 Å². The van der Waals surface area contributed by atoms with E-state index in [4.69, 9.17) is 4.74 Å². The summed E-state index contributed by atoms with van der Waals surface area (Å²) in [5, 5.41) is 6.13. The van der Waals surface area contributed by atoms with Crippen molar-refractivity contribution in [3.05, 3.63) is 29.8 Å². The second kappa shape index (κ2) is 7.14. The molecule has 1 amide bonds. The number of carbonyl (C=O) groups is 1. The highest BCUT2D eigenvalue weighted by Gasteiger charge is 2.20. The quantitative estimate of drug-likeness (QED) is 0.766. The molecule has 1 unspecified atom stereocenters. The minimum atomic E-state index is 0.0114. The number of hydrogen-bond donors (Lipinski definition) is 2. The first kappa shape index (κ1) is 13.9. The second-order valence-electron chi connectivity index (χ2n) is 4.91. The van der Waals surface area contributed by atoms with Gasteiger partial charge in [-0.15, -0.1) is 0 Å². The Morgan fingerprint density at radius 3 is 3.05 bits per heavy atom. The van der Waals surface area contributed by atoms with Gasteiger partial charge in [0.2, 0.25) is 5.91 Å². The molecule has 1 heterocycles. The summed E-state index contributed by atoms with van der Waals surface area (Å²) < 4.78 is 5.68. The number of hydrogen-bond acceptors (Lipinski definition) is 3. The largest absolute Gasteiger partial charge is 0.493 e. The first-order chi connectivity index (χ1) is 9.27. The lowest BCUT2D eigenvalue weighted by atomic mass is 10.2. The molecule has 0 spiro atoms. The zero-order valence-corrected chi connectivity index (χ0v) is 11.4. The lowest BCUT2D eigenvalue weighted by Gasteiger charge is -2.12. The second-order valence-corrected chi connectivity index (χ2v) is 4.91. The lowest BCUT2D eigenvalue weighted by molar-refractivity contribution is -0.122. The van der Waals surface area contributed by atoms with E-state index < -0.39 is 0 Å². The summed E-state index contributed by atoms with van der Waals surface area (Å²) in [4.78, 5) is 11.7. The molecule has 1 aliphatic heterocycles. The number of rotatable bonds is 6. The number of nitrogens with one attached hydrogen (secondary N) is 2.